The van der Waals surface area contributed by atoms with Crippen molar-refractivity contribution in [1.82, 2.24) is 5.32 Å². The van der Waals surface area contributed by atoms with Crippen molar-refractivity contribution in [2.75, 3.05) is 6.61 Å². The van der Waals surface area contributed by atoms with Gasteiger partial charge in [0.15, 0.2) is 0 Å². The van der Waals surface area contributed by atoms with Crippen molar-refractivity contribution in [3.05, 3.63) is 0 Å². The first kappa shape index (κ1) is 16.9. The highest BCUT2D eigenvalue weighted by Crippen LogP contribution is 2.06. The number of unbranched alkanes of at least 4 members (excludes halogenated alkanes) is 2. The quantitative estimate of drug-likeness (QED) is 0.422. The van der Waals surface area contributed by atoms with E-state index in [9.17, 15) is 14.7 Å². The Morgan fingerprint density at radius 3 is 2.39 bits per heavy atom. The summed E-state index contributed by atoms with van der Waals surface area (Å²) in [5.41, 5.74) is 0. The zero-order chi connectivity index (χ0) is 14.0. The average Bonchev–Trinajstić information content (AvgIpc) is 2.28. The minimum atomic E-state index is -1.18. The van der Waals surface area contributed by atoms with Gasteiger partial charge >= 0.3 is 5.97 Å². The maximum Gasteiger partial charge on any atom is 0.326 e. The topological polar surface area (TPSA) is 107 Å². The average molecular weight is 261 g/mol. The number of hydrogen-bond donors (Lipinski definition) is 4. The van der Waals surface area contributed by atoms with Crippen LogP contribution in [-0.2, 0) is 9.59 Å². The van der Waals surface area contributed by atoms with Gasteiger partial charge in [0.05, 0.1) is 12.5 Å². The minimum absolute atomic E-state index is 0.0347. The van der Waals surface area contributed by atoms with Gasteiger partial charge in [0.1, 0.15) is 6.04 Å². The van der Waals surface area contributed by atoms with Crippen LogP contribution in [0.15, 0.2) is 0 Å². The number of hydrogen-bond acceptors (Lipinski definition) is 4. The van der Waals surface area contributed by atoms with Crippen LogP contribution in [0, 0.1) is 0 Å². The third-order valence-electron chi connectivity index (χ3n) is 2.61. The Labute approximate surface area is 107 Å². The molecule has 6 heteroatoms. The van der Waals surface area contributed by atoms with E-state index in [-0.39, 0.29) is 19.4 Å². The molecule has 0 aromatic heterocycles. The van der Waals surface area contributed by atoms with Crippen molar-refractivity contribution in [3.8, 4) is 0 Å². The molecule has 0 fully saturated rings. The van der Waals surface area contributed by atoms with E-state index in [4.69, 9.17) is 10.2 Å². The van der Waals surface area contributed by atoms with E-state index < -0.39 is 24.0 Å². The molecular weight excluding hydrogens is 238 g/mol. The Balaban J connectivity index is 3.96. The molecule has 0 saturated heterocycles. The number of carbonyl (C=O) groups is 2. The van der Waals surface area contributed by atoms with E-state index in [1.807, 2.05) is 6.92 Å². The molecule has 0 spiro atoms. The van der Waals surface area contributed by atoms with Crippen LogP contribution >= 0.6 is 0 Å². The number of aliphatic hydroxyl groups is 2. The molecule has 0 heterocycles. The summed E-state index contributed by atoms with van der Waals surface area (Å²) in [6, 6.07) is -1.09. The molecule has 106 valence electrons. The molecule has 0 aromatic rings. The van der Waals surface area contributed by atoms with Crippen LogP contribution in [0.5, 0.6) is 0 Å². The maximum absolute atomic E-state index is 11.5. The van der Waals surface area contributed by atoms with Crippen molar-refractivity contribution in [2.45, 2.75) is 57.6 Å². The number of carboxylic acids is 1. The lowest BCUT2D eigenvalue weighted by atomic mass is 10.1. The van der Waals surface area contributed by atoms with E-state index in [0.717, 1.165) is 19.3 Å². The lowest BCUT2D eigenvalue weighted by Gasteiger charge is -2.15. The Morgan fingerprint density at radius 1 is 1.22 bits per heavy atom. The van der Waals surface area contributed by atoms with Crippen molar-refractivity contribution in [2.24, 2.45) is 0 Å². The zero-order valence-electron chi connectivity index (χ0n) is 10.8. The van der Waals surface area contributed by atoms with E-state index in [0.29, 0.717) is 6.42 Å². The van der Waals surface area contributed by atoms with E-state index in [1.165, 1.54) is 0 Å². The highest BCUT2D eigenvalue weighted by molar-refractivity contribution is 5.83. The molecule has 4 N–H and O–H groups in total. The molecule has 1 amide bonds. The molecule has 0 aliphatic heterocycles. The molecule has 0 aromatic carbocycles. The first-order chi connectivity index (χ1) is 8.51. The second-order valence-electron chi connectivity index (χ2n) is 4.32. The fourth-order valence-corrected chi connectivity index (χ4v) is 1.59. The van der Waals surface area contributed by atoms with Gasteiger partial charge in [0.25, 0.3) is 0 Å². The van der Waals surface area contributed by atoms with E-state index >= 15 is 0 Å². The SMILES string of the molecule is CCCCC[C@@H](O)CC(=O)N[C@@H](CCO)C(=O)O. The summed E-state index contributed by atoms with van der Waals surface area (Å²) < 4.78 is 0. The molecular formula is C12H23NO5. The zero-order valence-corrected chi connectivity index (χ0v) is 10.8. The first-order valence-corrected chi connectivity index (χ1v) is 6.32. The second-order valence-corrected chi connectivity index (χ2v) is 4.32. The smallest absolute Gasteiger partial charge is 0.326 e. The van der Waals surface area contributed by atoms with Gasteiger partial charge in [-0.3, -0.25) is 4.79 Å². The van der Waals surface area contributed by atoms with Gasteiger partial charge in [-0.1, -0.05) is 26.2 Å². The second kappa shape index (κ2) is 9.85. The molecule has 0 saturated carbocycles. The van der Waals surface area contributed by atoms with Crippen LogP contribution in [0.1, 0.15) is 45.4 Å². The molecule has 0 bridgehead atoms. The van der Waals surface area contributed by atoms with Crippen LogP contribution in [0.2, 0.25) is 0 Å². The van der Waals surface area contributed by atoms with Crippen LogP contribution in [0.25, 0.3) is 0 Å². The number of amides is 1. The van der Waals surface area contributed by atoms with Gasteiger partial charge in [-0.05, 0) is 6.42 Å². The predicted octanol–water partition coefficient (Wildman–Crippen LogP) is 0.269. The predicted molar refractivity (Wildman–Crippen MR) is 66.0 cm³/mol. The fraction of sp³-hybridized carbons (Fsp3) is 0.833. The molecule has 18 heavy (non-hydrogen) atoms. The monoisotopic (exact) mass is 261 g/mol. The third-order valence-corrected chi connectivity index (χ3v) is 2.61. The van der Waals surface area contributed by atoms with Crippen molar-refractivity contribution < 1.29 is 24.9 Å². The molecule has 0 unspecified atom stereocenters. The standard InChI is InChI=1S/C12H23NO5/c1-2-3-4-5-9(15)8-11(16)13-10(6-7-14)12(17)18/h9-10,14-15H,2-8H2,1H3,(H,13,16)(H,17,18)/t9-,10+/m1/s1. The number of rotatable bonds is 10. The summed E-state index contributed by atoms with van der Waals surface area (Å²) in [6.07, 6.45) is 2.56. The van der Waals surface area contributed by atoms with Crippen molar-refractivity contribution in [3.63, 3.8) is 0 Å². The van der Waals surface area contributed by atoms with Gasteiger partial charge in [-0.2, -0.15) is 0 Å². The highest BCUT2D eigenvalue weighted by atomic mass is 16.4. The van der Waals surface area contributed by atoms with Crippen LogP contribution in [-0.4, -0.2) is 45.9 Å². The summed E-state index contributed by atoms with van der Waals surface area (Å²) in [6.45, 7) is 1.74. The van der Waals surface area contributed by atoms with Crippen molar-refractivity contribution in [1.29, 1.82) is 0 Å². The molecule has 0 aliphatic carbocycles. The molecule has 2 atom stereocenters. The van der Waals surface area contributed by atoms with Crippen LogP contribution < -0.4 is 5.32 Å². The first-order valence-electron chi connectivity index (χ1n) is 6.32. The Morgan fingerprint density at radius 2 is 1.89 bits per heavy atom. The number of carbonyl (C=O) groups excluding carboxylic acids is 1. The normalized spacial score (nSPS) is 13.9. The van der Waals surface area contributed by atoms with Gasteiger partial charge in [-0.15, -0.1) is 0 Å². The lowest BCUT2D eigenvalue weighted by molar-refractivity contribution is -0.142. The van der Waals surface area contributed by atoms with Crippen LogP contribution in [0.4, 0.5) is 0 Å². The number of carboxylic acid groups (broad SMARTS) is 1. The number of aliphatic hydroxyl groups excluding tert-OH is 2. The summed E-state index contributed by atoms with van der Waals surface area (Å²) in [5.74, 6) is -1.68. The number of nitrogens with one attached hydrogen (secondary N) is 1. The molecule has 0 rings (SSSR count). The Hall–Kier alpha value is -1.14. The molecule has 0 aliphatic rings. The summed E-state index contributed by atoms with van der Waals surface area (Å²) >= 11 is 0. The van der Waals surface area contributed by atoms with Gasteiger partial charge in [0, 0.05) is 13.0 Å². The largest absolute Gasteiger partial charge is 0.480 e. The van der Waals surface area contributed by atoms with Gasteiger partial charge in [-0.25, -0.2) is 4.79 Å². The lowest BCUT2D eigenvalue weighted by Crippen LogP contribution is -2.42. The summed E-state index contributed by atoms with van der Waals surface area (Å²) in [7, 11) is 0. The molecule has 0 radical (unpaired) electrons. The Kier molecular flexibility index (Phi) is 9.22. The number of aliphatic carboxylic acids is 1. The van der Waals surface area contributed by atoms with Gasteiger partial charge in [0.2, 0.25) is 5.91 Å². The fourth-order valence-electron chi connectivity index (χ4n) is 1.59. The van der Waals surface area contributed by atoms with Crippen LogP contribution in [0.3, 0.4) is 0 Å². The maximum atomic E-state index is 11.5. The van der Waals surface area contributed by atoms with E-state index in [1.54, 1.807) is 0 Å². The highest BCUT2D eigenvalue weighted by Gasteiger charge is 2.20. The Bertz CT molecular complexity index is 257. The summed E-state index contributed by atoms with van der Waals surface area (Å²) in [4.78, 5) is 22.2. The third kappa shape index (κ3) is 8.03. The van der Waals surface area contributed by atoms with E-state index in [2.05, 4.69) is 5.32 Å². The van der Waals surface area contributed by atoms with Gasteiger partial charge < -0.3 is 20.6 Å². The van der Waals surface area contributed by atoms with Crippen molar-refractivity contribution >= 4 is 11.9 Å². The minimum Gasteiger partial charge on any atom is -0.480 e. The molecule has 6 nitrogen and oxygen atoms in total. The summed E-state index contributed by atoms with van der Waals surface area (Å²) in [5, 5.41) is 29.3.